The molecule has 1 aromatic carbocycles. The summed E-state index contributed by atoms with van der Waals surface area (Å²) in [6.45, 7) is 0.402. The molecule has 1 rings (SSSR count). The predicted octanol–water partition coefficient (Wildman–Crippen LogP) is -0.112. The van der Waals surface area contributed by atoms with Crippen LogP contribution in [0.5, 0.6) is 5.75 Å². The topological polar surface area (TPSA) is 95.4 Å². The molecule has 0 aliphatic rings. The molecule has 1 unspecified atom stereocenters. The number of hydrogen-bond acceptors (Lipinski definition) is 4. The van der Waals surface area contributed by atoms with Gasteiger partial charge in [-0.1, -0.05) is 6.07 Å². The molecule has 0 aliphatic heterocycles. The highest BCUT2D eigenvalue weighted by Crippen LogP contribution is 2.21. The lowest BCUT2D eigenvalue weighted by Crippen LogP contribution is -2.20. The molecule has 1 aromatic rings. The maximum absolute atomic E-state index is 11.6. The molecule has 0 fully saturated rings. The first-order valence-corrected chi connectivity index (χ1v) is 6.54. The van der Waals surface area contributed by atoms with Crippen molar-refractivity contribution in [2.75, 3.05) is 12.9 Å². The molecule has 6 heteroatoms. The highest BCUT2D eigenvalue weighted by atomic mass is 32.2. The molecule has 0 spiro atoms. The number of primary amides is 1. The fraction of sp³-hybridized carbons (Fsp3) is 0.364. The zero-order valence-corrected chi connectivity index (χ0v) is 10.5. The van der Waals surface area contributed by atoms with Crippen LogP contribution in [0.15, 0.2) is 18.2 Å². The minimum absolute atomic E-state index is 0.143. The molecule has 17 heavy (non-hydrogen) atoms. The van der Waals surface area contributed by atoms with Crippen LogP contribution in [0.1, 0.15) is 11.1 Å². The summed E-state index contributed by atoms with van der Waals surface area (Å²) in [5.41, 5.74) is 12.2. The number of carbonyl (C=O) groups is 1. The van der Waals surface area contributed by atoms with Crippen LogP contribution >= 0.6 is 0 Å². The number of rotatable bonds is 6. The third kappa shape index (κ3) is 4.16. The Balaban J connectivity index is 2.87. The predicted molar refractivity (Wildman–Crippen MR) is 66.8 cm³/mol. The van der Waals surface area contributed by atoms with E-state index in [1.54, 1.807) is 6.07 Å². The number of benzene rings is 1. The maximum atomic E-state index is 11.6. The van der Waals surface area contributed by atoms with Crippen molar-refractivity contribution in [1.29, 1.82) is 0 Å². The van der Waals surface area contributed by atoms with E-state index in [9.17, 15) is 9.00 Å². The molecule has 0 bridgehead atoms. The van der Waals surface area contributed by atoms with Crippen LogP contribution in [-0.2, 0) is 27.9 Å². The van der Waals surface area contributed by atoms with Crippen molar-refractivity contribution in [1.82, 2.24) is 0 Å². The molecule has 1 atom stereocenters. The van der Waals surface area contributed by atoms with Gasteiger partial charge in [0.2, 0.25) is 5.91 Å². The van der Waals surface area contributed by atoms with Crippen LogP contribution < -0.4 is 16.2 Å². The van der Waals surface area contributed by atoms with Gasteiger partial charge in [0.1, 0.15) is 11.5 Å². The number of amides is 1. The Morgan fingerprint density at radius 1 is 1.47 bits per heavy atom. The minimum atomic E-state index is -1.32. The van der Waals surface area contributed by atoms with E-state index in [2.05, 4.69) is 0 Å². The zero-order chi connectivity index (χ0) is 12.8. The summed E-state index contributed by atoms with van der Waals surface area (Å²) in [4.78, 5) is 10.7. The number of nitrogens with two attached hydrogens (primary N) is 2. The third-order valence-electron chi connectivity index (χ3n) is 2.20. The van der Waals surface area contributed by atoms with Gasteiger partial charge in [-0.15, -0.1) is 0 Å². The molecule has 94 valence electrons. The quantitative estimate of drug-likeness (QED) is 0.742. The molecule has 0 saturated carbocycles. The smallest absolute Gasteiger partial charge is 0.230 e. The first kappa shape index (κ1) is 13.7. The summed E-state index contributed by atoms with van der Waals surface area (Å²) in [5.74, 6) is 0.160. The third-order valence-corrected chi connectivity index (χ3v) is 3.44. The molecule has 0 radical (unpaired) electrons. The SMILES string of the molecule is COc1ccc(CN)cc1CS(=O)CC(N)=O. The van der Waals surface area contributed by atoms with Crippen molar-refractivity contribution in [2.24, 2.45) is 11.5 Å². The molecule has 1 amide bonds. The molecular weight excluding hydrogens is 240 g/mol. The van der Waals surface area contributed by atoms with E-state index in [-0.39, 0.29) is 11.5 Å². The van der Waals surface area contributed by atoms with Crippen LogP contribution in [0.3, 0.4) is 0 Å². The lowest BCUT2D eigenvalue weighted by molar-refractivity contribution is -0.115. The Bertz CT molecular complexity index is 435. The van der Waals surface area contributed by atoms with Crippen molar-refractivity contribution in [3.05, 3.63) is 29.3 Å². The second-order valence-corrected chi connectivity index (χ2v) is 5.00. The van der Waals surface area contributed by atoms with Crippen LogP contribution in [0.2, 0.25) is 0 Å². The van der Waals surface area contributed by atoms with Crippen LogP contribution in [-0.4, -0.2) is 23.0 Å². The molecule has 0 heterocycles. The summed E-state index contributed by atoms with van der Waals surface area (Å²) in [6.07, 6.45) is 0. The molecular formula is C11H16N2O3S. The summed E-state index contributed by atoms with van der Waals surface area (Å²) in [5, 5.41) is 0. The van der Waals surface area contributed by atoms with Gasteiger partial charge in [0.25, 0.3) is 0 Å². The molecule has 4 N–H and O–H groups in total. The normalized spacial score (nSPS) is 12.1. The van der Waals surface area contributed by atoms with Gasteiger partial charge in [0.15, 0.2) is 0 Å². The second kappa shape index (κ2) is 6.36. The fourth-order valence-electron chi connectivity index (χ4n) is 1.45. The minimum Gasteiger partial charge on any atom is -0.496 e. The van der Waals surface area contributed by atoms with E-state index in [0.717, 1.165) is 11.1 Å². The van der Waals surface area contributed by atoms with Crippen LogP contribution in [0, 0.1) is 0 Å². The van der Waals surface area contributed by atoms with Gasteiger partial charge in [-0.05, 0) is 17.7 Å². The van der Waals surface area contributed by atoms with Crippen molar-refractivity contribution < 1.29 is 13.7 Å². The molecule has 0 saturated heterocycles. The van der Waals surface area contributed by atoms with Crippen molar-refractivity contribution in [3.8, 4) is 5.75 Å². The number of carbonyl (C=O) groups excluding carboxylic acids is 1. The van der Waals surface area contributed by atoms with E-state index in [0.29, 0.717) is 12.3 Å². The number of hydrogen-bond donors (Lipinski definition) is 2. The lowest BCUT2D eigenvalue weighted by atomic mass is 10.1. The van der Waals surface area contributed by atoms with E-state index in [1.807, 2.05) is 12.1 Å². The Hall–Kier alpha value is -1.40. The van der Waals surface area contributed by atoms with Gasteiger partial charge in [0.05, 0.1) is 12.9 Å². The maximum Gasteiger partial charge on any atom is 0.230 e. The first-order chi connectivity index (χ1) is 8.06. The van der Waals surface area contributed by atoms with Gasteiger partial charge in [-0.2, -0.15) is 0 Å². The van der Waals surface area contributed by atoms with Gasteiger partial charge >= 0.3 is 0 Å². The summed E-state index contributed by atoms with van der Waals surface area (Å²) >= 11 is 0. The van der Waals surface area contributed by atoms with Crippen LogP contribution in [0.25, 0.3) is 0 Å². The Kier molecular flexibility index (Phi) is 5.11. The average Bonchev–Trinajstić information content (AvgIpc) is 2.27. The summed E-state index contributed by atoms with van der Waals surface area (Å²) in [7, 11) is 0.221. The van der Waals surface area contributed by atoms with Crippen molar-refractivity contribution >= 4 is 16.7 Å². The Labute approximate surface area is 103 Å². The average molecular weight is 256 g/mol. The van der Waals surface area contributed by atoms with Gasteiger partial charge < -0.3 is 16.2 Å². The van der Waals surface area contributed by atoms with E-state index >= 15 is 0 Å². The summed E-state index contributed by atoms with van der Waals surface area (Å²) < 4.78 is 16.8. The van der Waals surface area contributed by atoms with E-state index < -0.39 is 16.7 Å². The molecule has 5 nitrogen and oxygen atoms in total. The van der Waals surface area contributed by atoms with Crippen LogP contribution in [0.4, 0.5) is 0 Å². The van der Waals surface area contributed by atoms with E-state index in [4.69, 9.17) is 16.2 Å². The van der Waals surface area contributed by atoms with Gasteiger partial charge in [-0.3, -0.25) is 9.00 Å². The monoisotopic (exact) mass is 256 g/mol. The number of ether oxygens (including phenoxy) is 1. The summed E-state index contributed by atoms with van der Waals surface area (Å²) in [6, 6.07) is 5.45. The van der Waals surface area contributed by atoms with Crippen molar-refractivity contribution in [2.45, 2.75) is 12.3 Å². The van der Waals surface area contributed by atoms with E-state index in [1.165, 1.54) is 7.11 Å². The first-order valence-electron chi connectivity index (χ1n) is 5.06. The highest BCUT2D eigenvalue weighted by Gasteiger charge is 2.10. The molecule has 0 aliphatic carbocycles. The number of methoxy groups -OCH3 is 1. The standard InChI is InChI=1S/C11H16N2O3S/c1-16-10-3-2-8(5-12)4-9(10)6-17(15)7-11(13)14/h2-4H,5-7,12H2,1H3,(H2,13,14). The highest BCUT2D eigenvalue weighted by molar-refractivity contribution is 7.84. The fourth-order valence-corrected chi connectivity index (χ4v) is 2.45. The largest absolute Gasteiger partial charge is 0.496 e. The lowest BCUT2D eigenvalue weighted by Gasteiger charge is -2.09. The molecule has 0 aromatic heterocycles. The van der Waals surface area contributed by atoms with Gasteiger partial charge in [-0.25, -0.2) is 0 Å². The second-order valence-electron chi connectivity index (χ2n) is 3.55. The zero-order valence-electron chi connectivity index (χ0n) is 9.64. The Morgan fingerprint density at radius 3 is 2.71 bits per heavy atom. The van der Waals surface area contributed by atoms with Crippen molar-refractivity contribution in [3.63, 3.8) is 0 Å². The Morgan fingerprint density at radius 2 is 2.18 bits per heavy atom. The van der Waals surface area contributed by atoms with Gasteiger partial charge in [0, 0.05) is 22.9 Å².